The third kappa shape index (κ3) is 3.72. The second kappa shape index (κ2) is 8.30. The van der Waals surface area contributed by atoms with Crippen LogP contribution in [0.25, 0.3) is 34.0 Å². The maximum absolute atomic E-state index is 14.2. The molecule has 0 aromatic carbocycles. The average Bonchev–Trinajstić information content (AvgIpc) is 3.49. The van der Waals surface area contributed by atoms with Crippen LogP contribution in [0.4, 0.5) is 10.2 Å². The number of halogens is 2. The predicted octanol–water partition coefficient (Wildman–Crippen LogP) is 5.30. The molecular formula is C24H22ClFN6O3. The summed E-state index contributed by atoms with van der Waals surface area (Å²) in [5.41, 5.74) is 0.506. The molecule has 0 saturated heterocycles. The Morgan fingerprint density at radius 2 is 2.03 bits per heavy atom. The van der Waals surface area contributed by atoms with E-state index in [0.29, 0.717) is 28.4 Å². The smallest absolute Gasteiger partial charge is 0.309 e. The van der Waals surface area contributed by atoms with Crippen molar-refractivity contribution >= 4 is 34.4 Å². The molecule has 4 heterocycles. The van der Waals surface area contributed by atoms with Gasteiger partial charge in [0.2, 0.25) is 0 Å². The Morgan fingerprint density at radius 3 is 2.74 bits per heavy atom. The first-order valence-corrected chi connectivity index (χ1v) is 12.0. The predicted molar refractivity (Wildman–Crippen MR) is 126 cm³/mol. The Morgan fingerprint density at radius 1 is 1.23 bits per heavy atom. The van der Waals surface area contributed by atoms with Gasteiger partial charge in [-0.3, -0.25) is 9.89 Å². The Bertz CT molecular complexity index is 1410. The van der Waals surface area contributed by atoms with Gasteiger partial charge < -0.3 is 14.8 Å². The third-order valence-corrected chi connectivity index (χ3v) is 7.55. The number of hydrogen-bond acceptors (Lipinski definition) is 7. The van der Waals surface area contributed by atoms with E-state index in [-0.39, 0.29) is 22.5 Å². The molecule has 0 amide bonds. The highest BCUT2D eigenvalue weighted by Gasteiger charge is 2.52. The number of nitrogens with zero attached hydrogens (tertiary/aromatic N) is 4. The van der Waals surface area contributed by atoms with Gasteiger partial charge in [0.05, 0.1) is 23.1 Å². The second-order valence-electron chi connectivity index (χ2n) is 9.31. The lowest BCUT2D eigenvalue weighted by atomic mass is 9.59. The Balaban J connectivity index is 1.48. The van der Waals surface area contributed by atoms with Crippen LogP contribution in [0.5, 0.6) is 0 Å². The van der Waals surface area contributed by atoms with Gasteiger partial charge in [-0.15, -0.1) is 0 Å². The van der Waals surface area contributed by atoms with Gasteiger partial charge in [-0.05, 0) is 49.8 Å². The number of aliphatic carboxylic acids is 1. The van der Waals surface area contributed by atoms with Crippen molar-refractivity contribution in [2.45, 2.75) is 44.1 Å². The normalized spacial score (nSPS) is 23.9. The minimum absolute atomic E-state index is 0.142. The summed E-state index contributed by atoms with van der Waals surface area (Å²) in [5.74, 6) is -0.571. The zero-order valence-electron chi connectivity index (χ0n) is 18.6. The Kier molecular flexibility index (Phi) is 5.21. The highest BCUT2D eigenvalue weighted by atomic mass is 35.5. The van der Waals surface area contributed by atoms with Crippen molar-refractivity contribution in [2.24, 2.45) is 11.8 Å². The van der Waals surface area contributed by atoms with E-state index in [2.05, 4.69) is 25.5 Å². The van der Waals surface area contributed by atoms with Crippen LogP contribution >= 0.6 is 11.6 Å². The summed E-state index contributed by atoms with van der Waals surface area (Å²) in [5, 5.41) is 20.7. The van der Waals surface area contributed by atoms with Gasteiger partial charge in [0.25, 0.3) is 0 Å². The topological polar surface area (TPSA) is 130 Å². The number of furan rings is 1. The standard InChI is InChI=1S/C24H22ClFN6O3/c25-20-14(26)10-13-19(31-32-21(13)29-20)22-27-15(16-6-3-9-35-16)11-17(28-22)30-24-7-1-4-12(5-2-8-24)18(24)23(33)34/h3,6,9-12,18H,1-2,4-5,7-8H2,(H,33,34)(H,27,28,30)(H,29,31,32). The van der Waals surface area contributed by atoms with E-state index in [1.165, 1.54) is 6.07 Å². The van der Waals surface area contributed by atoms with Crippen LogP contribution in [0.1, 0.15) is 38.5 Å². The van der Waals surface area contributed by atoms with Gasteiger partial charge in [-0.25, -0.2) is 19.3 Å². The van der Waals surface area contributed by atoms with Gasteiger partial charge in [0.1, 0.15) is 17.2 Å². The number of carbonyl (C=O) groups is 1. The van der Waals surface area contributed by atoms with E-state index in [4.69, 9.17) is 21.0 Å². The van der Waals surface area contributed by atoms with Crippen LogP contribution in [0.15, 0.2) is 34.9 Å². The summed E-state index contributed by atoms with van der Waals surface area (Å²) in [4.78, 5) is 25.6. The number of carboxylic acids is 1. The van der Waals surface area contributed by atoms with Crippen LogP contribution in [-0.2, 0) is 4.79 Å². The SMILES string of the molecule is O=C(O)C1C2CCCC1(Nc1cc(-c3ccco3)nc(-c3[nH]nc4nc(Cl)c(F)cc34)n1)CCC2. The minimum Gasteiger partial charge on any atom is -0.481 e. The lowest BCUT2D eigenvalue weighted by Gasteiger charge is -2.50. The first kappa shape index (κ1) is 22.0. The molecule has 6 rings (SSSR count). The van der Waals surface area contributed by atoms with Gasteiger partial charge in [0.15, 0.2) is 28.2 Å². The molecule has 1 atom stereocenters. The van der Waals surface area contributed by atoms with E-state index in [0.717, 1.165) is 38.5 Å². The maximum Gasteiger partial charge on any atom is 0.309 e. The largest absolute Gasteiger partial charge is 0.481 e. The fourth-order valence-corrected chi connectivity index (χ4v) is 5.99. The summed E-state index contributed by atoms with van der Waals surface area (Å²) in [6.07, 6.45) is 6.81. The summed E-state index contributed by atoms with van der Waals surface area (Å²) >= 11 is 5.82. The average molecular weight is 497 g/mol. The molecule has 1 unspecified atom stereocenters. The quantitative estimate of drug-likeness (QED) is 0.317. The molecule has 9 nitrogen and oxygen atoms in total. The van der Waals surface area contributed by atoms with Crippen LogP contribution in [0, 0.1) is 17.7 Å². The van der Waals surface area contributed by atoms with Crippen molar-refractivity contribution < 1.29 is 18.7 Å². The molecule has 0 radical (unpaired) electrons. The van der Waals surface area contributed by atoms with E-state index in [1.807, 2.05) is 0 Å². The molecule has 4 aromatic heterocycles. The number of nitrogens with one attached hydrogen (secondary N) is 2. The highest BCUT2D eigenvalue weighted by Crippen LogP contribution is 2.49. The van der Waals surface area contributed by atoms with Crippen molar-refractivity contribution in [1.29, 1.82) is 0 Å². The highest BCUT2D eigenvalue weighted by molar-refractivity contribution is 6.30. The number of anilines is 1. The third-order valence-electron chi connectivity index (χ3n) is 7.28. The van der Waals surface area contributed by atoms with Crippen molar-refractivity contribution in [1.82, 2.24) is 25.1 Å². The van der Waals surface area contributed by atoms with Crippen molar-refractivity contribution in [2.75, 3.05) is 5.32 Å². The number of hydrogen-bond donors (Lipinski definition) is 3. The molecule has 0 aliphatic heterocycles. The molecule has 3 N–H and O–H groups in total. The van der Waals surface area contributed by atoms with Crippen LogP contribution in [0.2, 0.25) is 5.15 Å². The summed E-state index contributed by atoms with van der Waals surface area (Å²) < 4.78 is 19.8. The number of aromatic nitrogens is 5. The maximum atomic E-state index is 14.2. The van der Waals surface area contributed by atoms with Crippen molar-refractivity contribution in [3.05, 3.63) is 41.5 Å². The molecule has 2 bridgehead atoms. The van der Waals surface area contributed by atoms with E-state index < -0.39 is 23.2 Å². The zero-order valence-corrected chi connectivity index (χ0v) is 19.3. The number of aromatic amines is 1. The molecule has 0 spiro atoms. The van der Waals surface area contributed by atoms with Crippen LogP contribution in [-0.4, -0.2) is 41.8 Å². The lowest BCUT2D eigenvalue weighted by molar-refractivity contribution is -0.149. The number of fused-ring (bicyclic) bond motifs is 3. The molecule has 35 heavy (non-hydrogen) atoms. The lowest BCUT2D eigenvalue weighted by Crippen LogP contribution is -2.56. The number of carboxylic acid groups (broad SMARTS) is 1. The fraction of sp³-hybridized carbons (Fsp3) is 0.375. The fourth-order valence-electron chi connectivity index (χ4n) is 5.86. The number of pyridine rings is 1. The number of H-pyrrole nitrogens is 1. The van der Waals surface area contributed by atoms with E-state index in [1.54, 1.807) is 24.5 Å². The van der Waals surface area contributed by atoms with Crippen LogP contribution in [0.3, 0.4) is 0 Å². The first-order chi connectivity index (χ1) is 16.9. The van der Waals surface area contributed by atoms with Crippen molar-refractivity contribution in [3.8, 4) is 23.0 Å². The van der Waals surface area contributed by atoms with Gasteiger partial charge >= 0.3 is 5.97 Å². The molecule has 2 aliphatic rings. The minimum atomic E-state index is -0.777. The van der Waals surface area contributed by atoms with E-state index in [9.17, 15) is 14.3 Å². The zero-order chi connectivity index (χ0) is 24.2. The molecular weight excluding hydrogens is 475 g/mol. The van der Waals surface area contributed by atoms with Crippen LogP contribution < -0.4 is 5.32 Å². The molecule has 11 heteroatoms. The molecule has 2 aliphatic carbocycles. The second-order valence-corrected chi connectivity index (χ2v) is 9.67. The van der Waals surface area contributed by atoms with E-state index >= 15 is 0 Å². The molecule has 2 saturated carbocycles. The van der Waals surface area contributed by atoms with Gasteiger partial charge in [-0.1, -0.05) is 24.4 Å². The summed E-state index contributed by atoms with van der Waals surface area (Å²) in [7, 11) is 0. The van der Waals surface area contributed by atoms with Gasteiger partial charge in [0, 0.05) is 6.07 Å². The van der Waals surface area contributed by atoms with Gasteiger partial charge in [-0.2, -0.15) is 5.10 Å². The molecule has 180 valence electrons. The Labute approximate surface area is 204 Å². The summed E-state index contributed by atoms with van der Waals surface area (Å²) in [6.45, 7) is 0. The first-order valence-electron chi connectivity index (χ1n) is 11.6. The molecule has 4 aromatic rings. The molecule has 2 fully saturated rings. The Hall–Kier alpha value is -3.53. The summed E-state index contributed by atoms with van der Waals surface area (Å²) in [6, 6.07) is 6.52. The monoisotopic (exact) mass is 496 g/mol. The van der Waals surface area contributed by atoms with Crippen molar-refractivity contribution in [3.63, 3.8) is 0 Å². The number of rotatable bonds is 5.